The largest absolute Gasteiger partial charge is 0.497 e. The van der Waals surface area contributed by atoms with Gasteiger partial charge in [-0.1, -0.05) is 6.07 Å². The summed E-state index contributed by atoms with van der Waals surface area (Å²) in [6.45, 7) is 2.13. The third-order valence-corrected chi connectivity index (χ3v) is 3.87. The molecule has 1 saturated heterocycles. The molecule has 130 valence electrons. The van der Waals surface area contributed by atoms with Crippen LogP contribution in [0.3, 0.4) is 0 Å². The molecule has 0 saturated carbocycles. The number of hydrogen-bond acceptors (Lipinski definition) is 5. The second-order valence-electron chi connectivity index (χ2n) is 5.55. The van der Waals surface area contributed by atoms with E-state index in [9.17, 15) is 9.59 Å². The Morgan fingerprint density at radius 2 is 1.92 bits per heavy atom. The average molecular weight is 341 g/mol. The summed E-state index contributed by atoms with van der Waals surface area (Å²) in [6.07, 6.45) is 2.91. The van der Waals surface area contributed by atoms with E-state index in [2.05, 4.69) is 10.3 Å². The summed E-state index contributed by atoms with van der Waals surface area (Å²) in [7, 11) is 1.56. The number of morpholine rings is 1. The molecule has 1 aliphatic heterocycles. The average Bonchev–Trinajstić information content (AvgIpc) is 2.68. The lowest BCUT2D eigenvalue weighted by atomic mass is 10.1. The van der Waals surface area contributed by atoms with Gasteiger partial charge < -0.3 is 19.7 Å². The molecule has 3 rings (SSSR count). The molecular weight excluding hydrogens is 322 g/mol. The maximum Gasteiger partial charge on any atom is 0.257 e. The second kappa shape index (κ2) is 7.76. The van der Waals surface area contributed by atoms with Crippen LogP contribution in [0.5, 0.6) is 5.75 Å². The van der Waals surface area contributed by atoms with E-state index in [1.807, 2.05) is 0 Å². The zero-order valence-corrected chi connectivity index (χ0v) is 13.9. The number of methoxy groups -OCH3 is 1. The molecule has 0 radical (unpaired) electrons. The number of hydrogen-bond donors (Lipinski definition) is 1. The highest BCUT2D eigenvalue weighted by Gasteiger charge is 2.20. The van der Waals surface area contributed by atoms with Gasteiger partial charge in [0.15, 0.2) is 0 Å². The number of benzene rings is 1. The van der Waals surface area contributed by atoms with Crippen LogP contribution >= 0.6 is 0 Å². The fourth-order valence-corrected chi connectivity index (χ4v) is 2.53. The Balaban J connectivity index is 1.73. The second-order valence-corrected chi connectivity index (χ2v) is 5.55. The topological polar surface area (TPSA) is 80.8 Å². The summed E-state index contributed by atoms with van der Waals surface area (Å²) >= 11 is 0. The highest BCUT2D eigenvalue weighted by atomic mass is 16.5. The predicted octanol–water partition coefficient (Wildman–Crippen LogP) is 1.81. The molecule has 2 aromatic rings. The van der Waals surface area contributed by atoms with Gasteiger partial charge in [0.1, 0.15) is 5.75 Å². The van der Waals surface area contributed by atoms with Crippen molar-refractivity contribution in [3.05, 3.63) is 53.9 Å². The SMILES string of the molecule is COc1cccc(NC(=O)c2cncc(C(=O)N3CCOCC3)c2)c1. The first-order chi connectivity index (χ1) is 12.2. The van der Waals surface area contributed by atoms with Crippen LogP contribution in [0.15, 0.2) is 42.7 Å². The first-order valence-electron chi connectivity index (χ1n) is 7.95. The smallest absolute Gasteiger partial charge is 0.257 e. The van der Waals surface area contributed by atoms with Gasteiger partial charge in [0.2, 0.25) is 0 Å². The third-order valence-electron chi connectivity index (χ3n) is 3.87. The number of carbonyl (C=O) groups is 2. The maximum atomic E-state index is 12.5. The van der Waals surface area contributed by atoms with Gasteiger partial charge in [-0.05, 0) is 18.2 Å². The van der Waals surface area contributed by atoms with Gasteiger partial charge in [0.25, 0.3) is 11.8 Å². The Kier molecular flexibility index (Phi) is 5.25. The van der Waals surface area contributed by atoms with Crippen molar-refractivity contribution in [1.82, 2.24) is 9.88 Å². The van der Waals surface area contributed by atoms with E-state index in [1.165, 1.54) is 12.4 Å². The van der Waals surface area contributed by atoms with Crippen molar-refractivity contribution in [3.8, 4) is 5.75 Å². The highest BCUT2D eigenvalue weighted by molar-refractivity contribution is 6.05. The molecule has 1 fully saturated rings. The van der Waals surface area contributed by atoms with Crippen LogP contribution in [-0.2, 0) is 4.74 Å². The van der Waals surface area contributed by atoms with Gasteiger partial charge in [-0.3, -0.25) is 14.6 Å². The van der Waals surface area contributed by atoms with Gasteiger partial charge in [0, 0.05) is 37.2 Å². The van der Waals surface area contributed by atoms with Crippen molar-refractivity contribution < 1.29 is 19.1 Å². The van der Waals surface area contributed by atoms with Crippen LogP contribution in [0.2, 0.25) is 0 Å². The van der Waals surface area contributed by atoms with Gasteiger partial charge in [-0.25, -0.2) is 0 Å². The predicted molar refractivity (Wildman–Crippen MR) is 91.9 cm³/mol. The third kappa shape index (κ3) is 4.13. The van der Waals surface area contributed by atoms with Gasteiger partial charge >= 0.3 is 0 Å². The van der Waals surface area contributed by atoms with Crippen molar-refractivity contribution in [2.75, 3.05) is 38.7 Å². The minimum absolute atomic E-state index is 0.146. The van der Waals surface area contributed by atoms with E-state index in [-0.39, 0.29) is 11.8 Å². The molecule has 1 aliphatic rings. The van der Waals surface area contributed by atoms with Gasteiger partial charge in [0.05, 0.1) is 31.5 Å². The molecule has 2 amide bonds. The van der Waals surface area contributed by atoms with E-state index in [0.29, 0.717) is 48.9 Å². The number of anilines is 1. The number of nitrogens with one attached hydrogen (secondary N) is 1. The lowest BCUT2D eigenvalue weighted by Gasteiger charge is -2.26. The van der Waals surface area contributed by atoms with E-state index in [4.69, 9.17) is 9.47 Å². The number of carbonyl (C=O) groups excluding carboxylic acids is 2. The molecular formula is C18H19N3O4. The summed E-state index contributed by atoms with van der Waals surface area (Å²) in [5.41, 5.74) is 1.32. The first kappa shape index (κ1) is 16.9. The van der Waals surface area contributed by atoms with Crippen LogP contribution in [0.25, 0.3) is 0 Å². The van der Waals surface area contributed by atoms with Crippen LogP contribution in [0, 0.1) is 0 Å². The Bertz CT molecular complexity index is 772. The Labute approximate surface area is 145 Å². The Morgan fingerprint density at radius 1 is 1.16 bits per heavy atom. The molecule has 0 spiro atoms. The van der Waals surface area contributed by atoms with E-state index >= 15 is 0 Å². The number of amides is 2. The highest BCUT2D eigenvalue weighted by Crippen LogP contribution is 2.18. The van der Waals surface area contributed by atoms with Gasteiger partial charge in [-0.2, -0.15) is 0 Å². The van der Waals surface area contributed by atoms with Gasteiger partial charge in [-0.15, -0.1) is 0 Å². The molecule has 1 N–H and O–H groups in total. The standard InChI is InChI=1S/C18H19N3O4/c1-24-16-4-2-3-15(10-16)20-17(22)13-9-14(12-19-11-13)18(23)21-5-7-25-8-6-21/h2-4,9-12H,5-8H2,1H3,(H,20,22). The molecule has 0 unspecified atom stereocenters. The molecule has 0 aliphatic carbocycles. The Hall–Kier alpha value is -2.93. The number of ether oxygens (including phenoxy) is 2. The lowest BCUT2D eigenvalue weighted by Crippen LogP contribution is -2.40. The number of aromatic nitrogens is 1. The fraction of sp³-hybridized carbons (Fsp3) is 0.278. The molecule has 25 heavy (non-hydrogen) atoms. The van der Waals surface area contributed by atoms with Crippen LogP contribution in [-0.4, -0.2) is 55.1 Å². The fourth-order valence-electron chi connectivity index (χ4n) is 2.53. The molecule has 7 nitrogen and oxygen atoms in total. The van der Waals surface area contributed by atoms with Crippen molar-refractivity contribution in [2.45, 2.75) is 0 Å². The summed E-state index contributed by atoms with van der Waals surface area (Å²) < 4.78 is 10.4. The van der Waals surface area contributed by atoms with E-state index < -0.39 is 0 Å². The number of pyridine rings is 1. The summed E-state index contributed by atoms with van der Waals surface area (Å²) in [5, 5.41) is 2.77. The molecule has 1 aromatic heterocycles. The number of nitrogens with zero attached hydrogens (tertiary/aromatic N) is 2. The van der Waals surface area contributed by atoms with Crippen molar-refractivity contribution >= 4 is 17.5 Å². The monoisotopic (exact) mass is 341 g/mol. The van der Waals surface area contributed by atoms with E-state index in [0.717, 1.165) is 0 Å². The Morgan fingerprint density at radius 3 is 2.68 bits per heavy atom. The van der Waals surface area contributed by atoms with Crippen LogP contribution < -0.4 is 10.1 Å². The van der Waals surface area contributed by atoms with Crippen LogP contribution in [0.1, 0.15) is 20.7 Å². The summed E-state index contributed by atoms with van der Waals surface area (Å²) in [4.78, 5) is 30.7. The molecule has 7 heteroatoms. The summed E-state index contributed by atoms with van der Waals surface area (Å²) in [5.74, 6) is 0.163. The van der Waals surface area contributed by atoms with Crippen molar-refractivity contribution in [3.63, 3.8) is 0 Å². The van der Waals surface area contributed by atoms with E-state index in [1.54, 1.807) is 42.3 Å². The minimum Gasteiger partial charge on any atom is -0.497 e. The molecule has 1 aromatic carbocycles. The van der Waals surface area contributed by atoms with Crippen molar-refractivity contribution in [1.29, 1.82) is 0 Å². The van der Waals surface area contributed by atoms with Crippen LogP contribution in [0.4, 0.5) is 5.69 Å². The first-order valence-corrected chi connectivity index (χ1v) is 7.95. The van der Waals surface area contributed by atoms with Crippen molar-refractivity contribution in [2.24, 2.45) is 0 Å². The number of rotatable bonds is 4. The normalized spacial score (nSPS) is 14.0. The minimum atomic E-state index is -0.336. The summed E-state index contributed by atoms with van der Waals surface area (Å²) in [6, 6.07) is 8.61. The zero-order chi connectivity index (χ0) is 17.6. The molecule has 0 atom stereocenters. The zero-order valence-electron chi connectivity index (χ0n) is 13.9. The maximum absolute atomic E-state index is 12.5. The lowest BCUT2D eigenvalue weighted by molar-refractivity contribution is 0.0302. The molecule has 0 bridgehead atoms. The molecule has 2 heterocycles. The quantitative estimate of drug-likeness (QED) is 0.917.